The van der Waals surface area contributed by atoms with E-state index in [0.717, 1.165) is 17.7 Å². The Bertz CT molecular complexity index is 302. The molecule has 0 saturated carbocycles. The van der Waals surface area contributed by atoms with E-state index in [-0.39, 0.29) is 0 Å². The van der Waals surface area contributed by atoms with Crippen molar-refractivity contribution in [3.63, 3.8) is 0 Å². The van der Waals surface area contributed by atoms with Gasteiger partial charge in [-0.1, -0.05) is 22.9 Å². The first-order valence-electron chi connectivity index (χ1n) is 4.38. The molecule has 1 atom stereocenters. The second kappa shape index (κ2) is 5.20. The predicted octanol–water partition coefficient (Wildman–Crippen LogP) is 2.42. The number of hydrogen-bond acceptors (Lipinski definition) is 3. The molecular formula is C10H14BrNO2. The van der Waals surface area contributed by atoms with Crippen molar-refractivity contribution in [2.45, 2.75) is 18.2 Å². The Hall–Kier alpha value is -0.770. The smallest absolute Gasteiger partial charge is 0.213 e. The molecule has 0 spiro atoms. The summed E-state index contributed by atoms with van der Waals surface area (Å²) in [6.07, 6.45) is 2.58. The summed E-state index contributed by atoms with van der Waals surface area (Å²) < 4.78 is 10.3. The highest BCUT2D eigenvalue weighted by atomic mass is 79.9. The number of ether oxygens (including phenoxy) is 2. The van der Waals surface area contributed by atoms with Gasteiger partial charge in [0.2, 0.25) is 5.88 Å². The SMILES string of the molecule is COc1cc(CC(C)Br)c(OC)cn1. The molecule has 0 radical (unpaired) electrons. The van der Waals surface area contributed by atoms with Crippen LogP contribution >= 0.6 is 15.9 Å². The highest BCUT2D eigenvalue weighted by Gasteiger charge is 2.08. The fourth-order valence-corrected chi connectivity index (χ4v) is 1.57. The van der Waals surface area contributed by atoms with Gasteiger partial charge in [-0.05, 0) is 6.42 Å². The van der Waals surface area contributed by atoms with E-state index in [1.54, 1.807) is 20.4 Å². The lowest BCUT2D eigenvalue weighted by molar-refractivity contribution is 0.384. The predicted molar refractivity (Wildman–Crippen MR) is 59.4 cm³/mol. The fourth-order valence-electron chi connectivity index (χ4n) is 1.22. The van der Waals surface area contributed by atoms with Gasteiger partial charge in [0.05, 0.1) is 20.4 Å². The van der Waals surface area contributed by atoms with Gasteiger partial charge >= 0.3 is 0 Å². The van der Waals surface area contributed by atoms with E-state index in [4.69, 9.17) is 9.47 Å². The zero-order valence-corrected chi connectivity index (χ0v) is 10.2. The number of nitrogens with zero attached hydrogens (tertiary/aromatic N) is 1. The van der Waals surface area contributed by atoms with Gasteiger partial charge in [-0.25, -0.2) is 4.98 Å². The third kappa shape index (κ3) is 2.87. The molecule has 0 aliphatic rings. The van der Waals surface area contributed by atoms with Crippen molar-refractivity contribution in [2.75, 3.05) is 14.2 Å². The van der Waals surface area contributed by atoms with Crippen molar-refractivity contribution >= 4 is 15.9 Å². The maximum Gasteiger partial charge on any atom is 0.213 e. The van der Waals surface area contributed by atoms with E-state index in [1.165, 1.54) is 0 Å². The second-order valence-electron chi connectivity index (χ2n) is 3.02. The Labute approximate surface area is 92.6 Å². The molecule has 14 heavy (non-hydrogen) atoms. The Kier molecular flexibility index (Phi) is 4.20. The lowest BCUT2D eigenvalue weighted by Gasteiger charge is -2.10. The molecule has 4 heteroatoms. The minimum absolute atomic E-state index is 0.406. The van der Waals surface area contributed by atoms with Gasteiger partial charge in [0.15, 0.2) is 0 Å². The average molecular weight is 260 g/mol. The molecule has 78 valence electrons. The van der Waals surface area contributed by atoms with E-state index in [2.05, 4.69) is 27.8 Å². The van der Waals surface area contributed by atoms with Gasteiger partial charge in [-0.3, -0.25) is 0 Å². The third-order valence-corrected chi connectivity index (χ3v) is 2.18. The lowest BCUT2D eigenvalue weighted by Crippen LogP contribution is -2.01. The standard InChI is InChI=1S/C10H14BrNO2/c1-7(11)4-8-5-10(14-3)12-6-9(8)13-2/h5-7H,4H2,1-3H3. The molecule has 0 N–H and O–H groups in total. The van der Waals surface area contributed by atoms with Crippen molar-refractivity contribution < 1.29 is 9.47 Å². The molecule has 1 aromatic heterocycles. The van der Waals surface area contributed by atoms with Gasteiger partial charge in [0, 0.05) is 16.5 Å². The first-order valence-corrected chi connectivity index (χ1v) is 5.30. The first-order chi connectivity index (χ1) is 6.67. The average Bonchev–Trinajstić information content (AvgIpc) is 2.16. The minimum atomic E-state index is 0.406. The van der Waals surface area contributed by atoms with E-state index < -0.39 is 0 Å². The lowest BCUT2D eigenvalue weighted by atomic mass is 10.1. The van der Waals surface area contributed by atoms with Gasteiger partial charge in [-0.2, -0.15) is 0 Å². The number of halogens is 1. The van der Waals surface area contributed by atoms with Gasteiger partial charge < -0.3 is 9.47 Å². The summed E-state index contributed by atoms with van der Waals surface area (Å²) >= 11 is 3.50. The zero-order chi connectivity index (χ0) is 10.6. The van der Waals surface area contributed by atoms with Crippen LogP contribution in [-0.2, 0) is 6.42 Å². The quantitative estimate of drug-likeness (QED) is 0.779. The monoisotopic (exact) mass is 259 g/mol. The Morgan fingerprint density at radius 2 is 2.14 bits per heavy atom. The summed E-state index contributed by atoms with van der Waals surface area (Å²) in [5.74, 6) is 1.42. The van der Waals surface area contributed by atoms with Gasteiger partial charge in [0.25, 0.3) is 0 Å². The first kappa shape index (κ1) is 11.3. The van der Waals surface area contributed by atoms with Crippen LogP contribution in [-0.4, -0.2) is 24.0 Å². The summed E-state index contributed by atoms with van der Waals surface area (Å²) in [6.45, 7) is 2.09. The molecule has 3 nitrogen and oxygen atoms in total. The van der Waals surface area contributed by atoms with Crippen LogP contribution in [0.2, 0.25) is 0 Å². The highest BCUT2D eigenvalue weighted by molar-refractivity contribution is 9.09. The zero-order valence-electron chi connectivity index (χ0n) is 8.58. The molecule has 0 aromatic carbocycles. The van der Waals surface area contributed by atoms with Crippen molar-refractivity contribution in [1.82, 2.24) is 4.98 Å². The number of hydrogen-bond donors (Lipinski definition) is 0. The van der Waals surface area contributed by atoms with Crippen molar-refractivity contribution in [3.05, 3.63) is 17.8 Å². The highest BCUT2D eigenvalue weighted by Crippen LogP contribution is 2.23. The Morgan fingerprint density at radius 3 is 2.64 bits per heavy atom. The number of methoxy groups -OCH3 is 2. The summed E-state index contributed by atoms with van der Waals surface area (Å²) in [6, 6.07) is 1.90. The molecule has 0 amide bonds. The van der Waals surface area contributed by atoms with Crippen LogP contribution in [0.5, 0.6) is 11.6 Å². The molecule has 0 aliphatic carbocycles. The van der Waals surface area contributed by atoms with E-state index in [9.17, 15) is 0 Å². The molecule has 1 rings (SSSR count). The van der Waals surface area contributed by atoms with Crippen molar-refractivity contribution in [1.29, 1.82) is 0 Å². The molecule has 1 aromatic rings. The maximum absolute atomic E-state index is 5.21. The molecule has 0 bridgehead atoms. The summed E-state index contributed by atoms with van der Waals surface area (Å²) in [7, 11) is 3.25. The minimum Gasteiger partial charge on any atom is -0.495 e. The molecule has 1 unspecified atom stereocenters. The van der Waals surface area contributed by atoms with E-state index in [1.807, 2.05) is 6.07 Å². The fraction of sp³-hybridized carbons (Fsp3) is 0.500. The van der Waals surface area contributed by atoms with Gasteiger partial charge in [0.1, 0.15) is 5.75 Å². The van der Waals surface area contributed by atoms with Crippen molar-refractivity contribution in [2.24, 2.45) is 0 Å². The number of rotatable bonds is 4. The molecule has 0 aliphatic heterocycles. The van der Waals surface area contributed by atoms with Crippen LogP contribution in [0, 0.1) is 0 Å². The van der Waals surface area contributed by atoms with Crippen molar-refractivity contribution in [3.8, 4) is 11.6 Å². The topological polar surface area (TPSA) is 31.4 Å². The molecule has 1 heterocycles. The Balaban J connectivity index is 2.96. The molecular weight excluding hydrogens is 246 g/mol. The Morgan fingerprint density at radius 1 is 1.43 bits per heavy atom. The third-order valence-electron chi connectivity index (χ3n) is 1.85. The van der Waals surface area contributed by atoms with Gasteiger partial charge in [-0.15, -0.1) is 0 Å². The number of alkyl halides is 1. The molecule has 0 saturated heterocycles. The van der Waals surface area contributed by atoms with E-state index in [0.29, 0.717) is 10.7 Å². The summed E-state index contributed by atoms with van der Waals surface area (Å²) in [5.41, 5.74) is 1.10. The van der Waals surface area contributed by atoms with Crippen LogP contribution in [0.3, 0.4) is 0 Å². The summed E-state index contributed by atoms with van der Waals surface area (Å²) in [5, 5.41) is 0. The second-order valence-corrected chi connectivity index (χ2v) is 4.59. The van der Waals surface area contributed by atoms with E-state index >= 15 is 0 Å². The maximum atomic E-state index is 5.21. The van der Waals surface area contributed by atoms with Crippen LogP contribution in [0.25, 0.3) is 0 Å². The number of aromatic nitrogens is 1. The van der Waals surface area contributed by atoms with Crippen LogP contribution in [0.15, 0.2) is 12.3 Å². The normalized spacial score (nSPS) is 12.3. The van der Waals surface area contributed by atoms with Crippen LogP contribution in [0.4, 0.5) is 0 Å². The largest absolute Gasteiger partial charge is 0.495 e. The molecule has 0 fully saturated rings. The van der Waals surface area contributed by atoms with Crippen LogP contribution < -0.4 is 9.47 Å². The summed E-state index contributed by atoms with van der Waals surface area (Å²) in [4.78, 5) is 4.48. The number of pyridine rings is 1. The van der Waals surface area contributed by atoms with Crippen LogP contribution in [0.1, 0.15) is 12.5 Å².